The van der Waals surface area contributed by atoms with Crippen LogP contribution < -0.4 is 10.2 Å². The highest BCUT2D eigenvalue weighted by Crippen LogP contribution is 2.24. The van der Waals surface area contributed by atoms with Crippen LogP contribution in [0.1, 0.15) is 12.5 Å². The molecule has 0 radical (unpaired) electrons. The third kappa shape index (κ3) is 3.47. The van der Waals surface area contributed by atoms with Crippen molar-refractivity contribution in [1.82, 2.24) is 10.2 Å². The van der Waals surface area contributed by atoms with Gasteiger partial charge < -0.3 is 10.2 Å². The molecule has 1 fully saturated rings. The summed E-state index contributed by atoms with van der Waals surface area (Å²) in [5.41, 5.74) is 2.48. The fourth-order valence-corrected chi connectivity index (χ4v) is 3.28. The number of aryl methyl sites for hydroxylation is 1. The lowest BCUT2D eigenvalue weighted by Gasteiger charge is -2.40. The van der Waals surface area contributed by atoms with Crippen molar-refractivity contribution in [1.29, 1.82) is 0 Å². The lowest BCUT2D eigenvalue weighted by molar-refractivity contribution is 0.213. The van der Waals surface area contributed by atoms with Gasteiger partial charge in [-0.15, -0.1) is 0 Å². The van der Waals surface area contributed by atoms with E-state index in [0.29, 0.717) is 0 Å². The van der Waals surface area contributed by atoms with Crippen molar-refractivity contribution in [3.63, 3.8) is 0 Å². The monoisotopic (exact) mass is 317 g/mol. The summed E-state index contributed by atoms with van der Waals surface area (Å²) in [5, 5.41) is 4.31. The Morgan fingerprint density at radius 2 is 1.95 bits per heavy atom. The summed E-state index contributed by atoms with van der Waals surface area (Å²) >= 11 is 6.12. The summed E-state index contributed by atoms with van der Waals surface area (Å²) in [6.45, 7) is 9.68. The summed E-state index contributed by atoms with van der Waals surface area (Å²) in [6, 6.07) is 6.32. The molecule has 0 aromatic heterocycles. The Morgan fingerprint density at radius 3 is 2.59 bits per heavy atom. The van der Waals surface area contributed by atoms with Gasteiger partial charge in [-0.05, 0) is 49.9 Å². The second-order valence-electron chi connectivity index (χ2n) is 6.48. The predicted molar refractivity (Wildman–Crippen MR) is 94.7 cm³/mol. The van der Waals surface area contributed by atoms with Gasteiger partial charge in [-0.1, -0.05) is 23.8 Å². The van der Waals surface area contributed by atoms with Gasteiger partial charge in [0.25, 0.3) is 0 Å². The number of allylic oxidation sites excluding steroid dienone is 2. The number of nitrogens with one attached hydrogen (secondary N) is 1. The number of rotatable bonds is 3. The van der Waals surface area contributed by atoms with Crippen LogP contribution in [0.4, 0.5) is 5.69 Å². The molecule has 1 aromatic carbocycles. The third-order valence-electron chi connectivity index (χ3n) is 4.52. The van der Waals surface area contributed by atoms with Crippen molar-refractivity contribution in [3.05, 3.63) is 53.2 Å². The predicted octanol–water partition coefficient (Wildman–Crippen LogP) is 3.20. The maximum Gasteiger partial charge on any atom is 0.0652 e. The minimum atomic E-state index is 0.0494. The van der Waals surface area contributed by atoms with E-state index in [1.807, 2.05) is 18.3 Å². The minimum Gasteiger partial charge on any atom is -0.381 e. The number of hydrogen-bond donors (Lipinski definition) is 1. The number of benzene rings is 1. The van der Waals surface area contributed by atoms with E-state index in [1.54, 1.807) is 0 Å². The van der Waals surface area contributed by atoms with Crippen molar-refractivity contribution in [2.45, 2.75) is 19.4 Å². The van der Waals surface area contributed by atoms with Crippen LogP contribution in [-0.4, -0.2) is 43.2 Å². The molecule has 22 heavy (non-hydrogen) atoms. The molecule has 4 heteroatoms. The molecule has 0 bridgehead atoms. The zero-order chi connectivity index (χ0) is 15.6. The minimum absolute atomic E-state index is 0.0494. The Kier molecular flexibility index (Phi) is 4.46. The van der Waals surface area contributed by atoms with Gasteiger partial charge in [0, 0.05) is 43.4 Å². The van der Waals surface area contributed by atoms with E-state index in [4.69, 9.17) is 11.6 Å². The van der Waals surface area contributed by atoms with Gasteiger partial charge in [0.2, 0.25) is 0 Å². The van der Waals surface area contributed by atoms with Crippen LogP contribution in [0.3, 0.4) is 0 Å². The lowest BCUT2D eigenvalue weighted by Crippen LogP contribution is -2.54. The van der Waals surface area contributed by atoms with Gasteiger partial charge in [-0.2, -0.15) is 0 Å². The van der Waals surface area contributed by atoms with Crippen LogP contribution >= 0.6 is 11.6 Å². The molecule has 0 saturated carbocycles. The topological polar surface area (TPSA) is 18.5 Å². The molecule has 2 aliphatic heterocycles. The first-order valence-corrected chi connectivity index (χ1v) is 8.29. The van der Waals surface area contributed by atoms with Crippen LogP contribution in [0.5, 0.6) is 0 Å². The molecule has 2 aliphatic rings. The third-order valence-corrected chi connectivity index (χ3v) is 4.94. The smallest absolute Gasteiger partial charge is 0.0652 e. The maximum atomic E-state index is 6.12. The number of piperazine rings is 1. The van der Waals surface area contributed by atoms with Crippen molar-refractivity contribution in [3.8, 4) is 0 Å². The lowest BCUT2D eigenvalue weighted by atomic mass is 9.99. The zero-order valence-electron chi connectivity index (χ0n) is 13.3. The first-order valence-electron chi connectivity index (χ1n) is 7.91. The molecule has 2 heterocycles. The maximum absolute atomic E-state index is 6.12. The number of hydrogen-bond acceptors (Lipinski definition) is 3. The van der Waals surface area contributed by atoms with Crippen molar-refractivity contribution in [2.75, 3.05) is 37.6 Å². The van der Waals surface area contributed by atoms with Crippen LogP contribution in [0, 0.1) is 6.92 Å². The summed E-state index contributed by atoms with van der Waals surface area (Å²) < 4.78 is 0. The number of halogens is 1. The SMILES string of the molecule is Cc1cc(N2CCN(CC3(C)C=CC=CN3)CC2)ccc1Cl. The molecule has 3 nitrogen and oxygen atoms in total. The van der Waals surface area contributed by atoms with E-state index in [2.05, 4.69) is 53.2 Å². The average Bonchev–Trinajstić information content (AvgIpc) is 2.51. The Hall–Kier alpha value is -1.45. The van der Waals surface area contributed by atoms with Gasteiger partial charge in [-0.25, -0.2) is 0 Å². The number of nitrogens with zero attached hydrogens (tertiary/aromatic N) is 2. The van der Waals surface area contributed by atoms with Crippen LogP contribution in [-0.2, 0) is 0 Å². The largest absolute Gasteiger partial charge is 0.381 e. The zero-order valence-corrected chi connectivity index (χ0v) is 14.1. The second kappa shape index (κ2) is 6.35. The second-order valence-corrected chi connectivity index (χ2v) is 6.88. The van der Waals surface area contributed by atoms with Crippen LogP contribution in [0.2, 0.25) is 5.02 Å². The molecule has 1 saturated heterocycles. The van der Waals surface area contributed by atoms with Crippen molar-refractivity contribution in [2.24, 2.45) is 0 Å². The Bertz CT molecular complexity index is 588. The molecule has 1 atom stereocenters. The first kappa shape index (κ1) is 15.4. The molecule has 1 N–H and O–H groups in total. The quantitative estimate of drug-likeness (QED) is 0.923. The van der Waals surface area contributed by atoms with Gasteiger partial charge in [0.1, 0.15) is 0 Å². The van der Waals surface area contributed by atoms with E-state index < -0.39 is 0 Å². The van der Waals surface area contributed by atoms with Gasteiger partial charge >= 0.3 is 0 Å². The van der Waals surface area contributed by atoms with Crippen LogP contribution in [0.25, 0.3) is 0 Å². The molecule has 1 unspecified atom stereocenters. The van der Waals surface area contributed by atoms with E-state index in [1.165, 1.54) is 5.69 Å². The molecule has 0 spiro atoms. The fourth-order valence-electron chi connectivity index (χ4n) is 3.16. The molecule has 0 aliphatic carbocycles. The van der Waals surface area contributed by atoms with Crippen LogP contribution in [0.15, 0.2) is 42.6 Å². The highest BCUT2D eigenvalue weighted by atomic mass is 35.5. The summed E-state index contributed by atoms with van der Waals surface area (Å²) in [5.74, 6) is 0. The summed E-state index contributed by atoms with van der Waals surface area (Å²) in [4.78, 5) is 4.99. The first-order chi connectivity index (χ1) is 10.6. The van der Waals surface area contributed by atoms with E-state index in [-0.39, 0.29) is 5.54 Å². The molecular weight excluding hydrogens is 294 g/mol. The van der Waals surface area contributed by atoms with E-state index in [0.717, 1.165) is 43.3 Å². The van der Waals surface area contributed by atoms with E-state index >= 15 is 0 Å². The highest BCUT2D eigenvalue weighted by Gasteiger charge is 2.26. The molecule has 1 aromatic rings. The Morgan fingerprint density at radius 1 is 1.18 bits per heavy atom. The number of anilines is 1. The molecular formula is C18H24ClN3. The van der Waals surface area contributed by atoms with Crippen molar-refractivity contribution >= 4 is 17.3 Å². The Balaban J connectivity index is 1.57. The fraction of sp³-hybridized carbons (Fsp3) is 0.444. The standard InChI is InChI=1S/C18H24ClN3/c1-15-13-16(5-6-17(15)19)22-11-9-21(10-12-22)14-18(2)7-3-4-8-20-18/h3-8,13,20H,9-12,14H2,1-2H3. The summed E-state index contributed by atoms with van der Waals surface area (Å²) in [7, 11) is 0. The van der Waals surface area contributed by atoms with Gasteiger partial charge in [0.15, 0.2) is 0 Å². The van der Waals surface area contributed by atoms with Gasteiger partial charge in [0.05, 0.1) is 5.54 Å². The number of dihydropyridines is 1. The summed E-state index contributed by atoms with van der Waals surface area (Å²) in [6.07, 6.45) is 8.46. The highest BCUT2D eigenvalue weighted by molar-refractivity contribution is 6.31. The van der Waals surface area contributed by atoms with E-state index in [9.17, 15) is 0 Å². The normalized spacial score (nSPS) is 25.3. The average molecular weight is 318 g/mol. The van der Waals surface area contributed by atoms with Gasteiger partial charge in [-0.3, -0.25) is 4.90 Å². The molecule has 118 valence electrons. The molecule has 0 amide bonds. The molecule has 3 rings (SSSR count). The van der Waals surface area contributed by atoms with Crippen molar-refractivity contribution < 1.29 is 0 Å². The Labute approximate surface area is 138 Å².